The second-order valence-electron chi connectivity index (χ2n) is 6.97. The van der Waals surface area contributed by atoms with Gasteiger partial charge in [-0.15, -0.1) is 37.2 Å². The van der Waals surface area contributed by atoms with Gasteiger partial charge in [-0.1, -0.05) is 41.4 Å². The van der Waals surface area contributed by atoms with Crippen LogP contribution in [0.15, 0.2) is 36.4 Å². The minimum absolute atomic E-state index is 0. The molecule has 5 nitrogen and oxygen atoms in total. The van der Waals surface area contributed by atoms with Gasteiger partial charge in [0.15, 0.2) is 11.5 Å². The van der Waals surface area contributed by atoms with E-state index in [4.69, 9.17) is 32.7 Å². The van der Waals surface area contributed by atoms with Gasteiger partial charge in [-0.2, -0.15) is 0 Å². The Labute approximate surface area is 219 Å². The van der Waals surface area contributed by atoms with Gasteiger partial charge in [0.2, 0.25) is 0 Å². The Morgan fingerprint density at radius 1 is 1.00 bits per heavy atom. The summed E-state index contributed by atoms with van der Waals surface area (Å²) in [5.74, 6) is 1.51. The van der Waals surface area contributed by atoms with Crippen molar-refractivity contribution in [3.05, 3.63) is 57.6 Å². The number of nitrogens with zero attached hydrogens (tertiary/aromatic N) is 1. The van der Waals surface area contributed by atoms with E-state index < -0.39 is 0 Å². The number of piperazine rings is 1. The lowest BCUT2D eigenvalue weighted by Gasteiger charge is -2.27. The standard InChI is InChI=1S/C22H29Cl2N3O2.3ClH/c1-2-28-21-5-3-4-17(15-26-10-13-27-11-8-25-9-12-27)22(21)29-16-18-6-7-19(23)14-20(18)24;;;/h3-7,14,25-26H,2,8-13,15-16H2,1H3;3*1H. The molecular formula is C22H32Cl5N3O2. The average Bonchev–Trinajstić information content (AvgIpc) is 2.73. The summed E-state index contributed by atoms with van der Waals surface area (Å²) in [5.41, 5.74) is 1.96. The number of hydrogen-bond donors (Lipinski definition) is 2. The second kappa shape index (κ2) is 16.9. The molecule has 32 heavy (non-hydrogen) atoms. The quantitative estimate of drug-likeness (QED) is 0.399. The molecule has 1 saturated heterocycles. The fraction of sp³-hybridized carbons (Fsp3) is 0.455. The molecule has 2 N–H and O–H groups in total. The van der Waals surface area contributed by atoms with E-state index in [9.17, 15) is 0 Å². The van der Waals surface area contributed by atoms with Gasteiger partial charge in [0.25, 0.3) is 0 Å². The van der Waals surface area contributed by atoms with Gasteiger partial charge >= 0.3 is 0 Å². The van der Waals surface area contributed by atoms with Crippen molar-refractivity contribution in [2.24, 2.45) is 0 Å². The molecular weight excluding hydrogens is 516 g/mol. The fourth-order valence-electron chi connectivity index (χ4n) is 3.32. The zero-order valence-electron chi connectivity index (χ0n) is 18.1. The molecule has 0 aliphatic carbocycles. The molecule has 0 aromatic heterocycles. The predicted octanol–water partition coefficient (Wildman–Crippen LogP) is 5.23. The lowest BCUT2D eigenvalue weighted by atomic mass is 10.1. The summed E-state index contributed by atoms with van der Waals surface area (Å²) >= 11 is 12.3. The highest BCUT2D eigenvalue weighted by molar-refractivity contribution is 6.35. The predicted molar refractivity (Wildman–Crippen MR) is 141 cm³/mol. The van der Waals surface area contributed by atoms with E-state index in [1.54, 1.807) is 6.07 Å². The third kappa shape index (κ3) is 9.70. The molecule has 1 heterocycles. The van der Waals surface area contributed by atoms with Crippen molar-refractivity contribution in [2.75, 3.05) is 45.9 Å². The summed E-state index contributed by atoms with van der Waals surface area (Å²) in [7, 11) is 0. The van der Waals surface area contributed by atoms with E-state index in [0.717, 1.165) is 68.4 Å². The molecule has 2 aromatic carbocycles. The third-order valence-corrected chi connectivity index (χ3v) is 5.46. The Morgan fingerprint density at radius 3 is 2.44 bits per heavy atom. The molecule has 0 saturated carbocycles. The summed E-state index contributed by atoms with van der Waals surface area (Å²) in [4.78, 5) is 2.47. The van der Waals surface area contributed by atoms with Crippen molar-refractivity contribution >= 4 is 60.4 Å². The largest absolute Gasteiger partial charge is 0.490 e. The molecule has 10 heteroatoms. The molecule has 0 unspecified atom stereocenters. The summed E-state index contributed by atoms with van der Waals surface area (Å²) in [6, 6.07) is 11.4. The molecule has 182 valence electrons. The number of nitrogens with one attached hydrogen (secondary N) is 2. The van der Waals surface area contributed by atoms with Gasteiger partial charge < -0.3 is 20.1 Å². The first-order chi connectivity index (χ1) is 14.2. The van der Waals surface area contributed by atoms with Crippen LogP contribution in [0.2, 0.25) is 10.0 Å². The summed E-state index contributed by atoms with van der Waals surface area (Å²) in [5, 5.41) is 8.13. The average molecular weight is 548 g/mol. The summed E-state index contributed by atoms with van der Waals surface area (Å²) in [6.45, 7) is 9.96. The SMILES string of the molecule is CCOc1cccc(CNCCN2CCNCC2)c1OCc1ccc(Cl)cc1Cl.Cl.Cl.Cl. The molecule has 0 amide bonds. The van der Waals surface area contributed by atoms with E-state index in [1.807, 2.05) is 31.2 Å². The topological polar surface area (TPSA) is 45.8 Å². The van der Waals surface area contributed by atoms with Gasteiger partial charge in [-0.05, 0) is 25.1 Å². The molecule has 0 spiro atoms. The molecule has 1 aliphatic heterocycles. The number of halogens is 5. The highest BCUT2D eigenvalue weighted by atomic mass is 35.5. The third-order valence-electron chi connectivity index (χ3n) is 4.88. The Hall–Kier alpha value is -0.630. The number of para-hydroxylation sites is 1. The summed E-state index contributed by atoms with van der Waals surface area (Å²) in [6.07, 6.45) is 0. The van der Waals surface area contributed by atoms with Crippen LogP contribution in [0.5, 0.6) is 11.5 Å². The van der Waals surface area contributed by atoms with Crippen LogP contribution in [0.4, 0.5) is 0 Å². The maximum absolute atomic E-state index is 6.30. The normalized spacial score (nSPS) is 13.3. The second-order valence-corrected chi connectivity index (χ2v) is 7.81. The van der Waals surface area contributed by atoms with Crippen LogP contribution in [0.25, 0.3) is 0 Å². The monoisotopic (exact) mass is 545 g/mol. The van der Waals surface area contributed by atoms with Crippen LogP contribution in [-0.2, 0) is 13.2 Å². The Kier molecular flexibility index (Phi) is 16.6. The number of ether oxygens (including phenoxy) is 2. The van der Waals surface area contributed by atoms with Crippen molar-refractivity contribution in [1.29, 1.82) is 0 Å². The van der Waals surface area contributed by atoms with Crippen LogP contribution in [0, 0.1) is 0 Å². The van der Waals surface area contributed by atoms with E-state index in [0.29, 0.717) is 23.3 Å². The fourth-order valence-corrected chi connectivity index (χ4v) is 3.78. The van der Waals surface area contributed by atoms with Gasteiger partial charge in [0, 0.05) is 67.0 Å². The number of rotatable bonds is 10. The zero-order chi connectivity index (χ0) is 20.5. The lowest BCUT2D eigenvalue weighted by molar-refractivity contribution is 0.240. The molecule has 0 radical (unpaired) electrons. The van der Waals surface area contributed by atoms with Crippen LogP contribution in [-0.4, -0.2) is 50.8 Å². The maximum Gasteiger partial charge on any atom is 0.166 e. The number of benzene rings is 2. The first-order valence-electron chi connectivity index (χ1n) is 10.1. The van der Waals surface area contributed by atoms with Crippen molar-refractivity contribution in [3.8, 4) is 11.5 Å². The van der Waals surface area contributed by atoms with E-state index in [-0.39, 0.29) is 37.2 Å². The van der Waals surface area contributed by atoms with Crippen molar-refractivity contribution in [3.63, 3.8) is 0 Å². The van der Waals surface area contributed by atoms with Crippen molar-refractivity contribution < 1.29 is 9.47 Å². The Balaban J connectivity index is 0.00000320. The minimum atomic E-state index is 0. The lowest BCUT2D eigenvalue weighted by Crippen LogP contribution is -2.45. The van der Waals surface area contributed by atoms with E-state index >= 15 is 0 Å². The Morgan fingerprint density at radius 2 is 1.75 bits per heavy atom. The van der Waals surface area contributed by atoms with Crippen LogP contribution in [0.1, 0.15) is 18.1 Å². The molecule has 2 aromatic rings. The first-order valence-corrected chi connectivity index (χ1v) is 10.9. The van der Waals surface area contributed by atoms with Crippen LogP contribution in [0.3, 0.4) is 0 Å². The molecule has 3 rings (SSSR count). The highest BCUT2D eigenvalue weighted by Gasteiger charge is 2.13. The molecule has 1 fully saturated rings. The van der Waals surface area contributed by atoms with Crippen molar-refractivity contribution in [2.45, 2.75) is 20.1 Å². The molecule has 0 bridgehead atoms. The van der Waals surface area contributed by atoms with Gasteiger partial charge in [-0.25, -0.2) is 0 Å². The molecule has 1 aliphatic rings. The Bertz CT molecular complexity index is 792. The van der Waals surface area contributed by atoms with Crippen molar-refractivity contribution in [1.82, 2.24) is 15.5 Å². The van der Waals surface area contributed by atoms with E-state index in [1.165, 1.54) is 0 Å². The van der Waals surface area contributed by atoms with Gasteiger partial charge in [-0.3, -0.25) is 4.90 Å². The van der Waals surface area contributed by atoms with Gasteiger partial charge in [0.05, 0.1) is 6.61 Å². The minimum Gasteiger partial charge on any atom is -0.490 e. The highest BCUT2D eigenvalue weighted by Crippen LogP contribution is 2.33. The maximum atomic E-state index is 6.30. The van der Waals surface area contributed by atoms with Crippen LogP contribution >= 0.6 is 60.4 Å². The number of hydrogen-bond acceptors (Lipinski definition) is 5. The smallest absolute Gasteiger partial charge is 0.166 e. The van der Waals surface area contributed by atoms with Gasteiger partial charge in [0.1, 0.15) is 6.61 Å². The van der Waals surface area contributed by atoms with Crippen LogP contribution < -0.4 is 20.1 Å². The first kappa shape index (κ1) is 31.4. The molecule has 0 atom stereocenters. The van der Waals surface area contributed by atoms with E-state index in [2.05, 4.69) is 21.6 Å². The zero-order valence-corrected chi connectivity index (χ0v) is 22.0. The summed E-state index contributed by atoms with van der Waals surface area (Å²) < 4.78 is 12.0.